The molecule has 0 heterocycles. The van der Waals surface area contributed by atoms with Crippen LogP contribution in [0.3, 0.4) is 0 Å². The molecule has 0 rings (SSSR count). The van der Waals surface area contributed by atoms with Gasteiger partial charge in [0.05, 0.1) is 0 Å². The van der Waals surface area contributed by atoms with E-state index in [-0.39, 0.29) is 0 Å². The number of hydrogen-bond donors (Lipinski definition) is 0. The maximum Gasteiger partial charge on any atom is 0.0214 e. The van der Waals surface area contributed by atoms with Gasteiger partial charge in [-0.1, -0.05) is 41.4 Å². The van der Waals surface area contributed by atoms with Crippen LogP contribution in [0.5, 0.6) is 0 Å². The van der Waals surface area contributed by atoms with Crippen LogP contribution in [-0.4, -0.2) is 5.33 Å². The monoisotopic (exact) mass is 176 g/mol. The molecule has 0 atom stereocenters. The Morgan fingerprint density at radius 3 is 2.25 bits per heavy atom. The van der Waals surface area contributed by atoms with E-state index in [2.05, 4.69) is 42.8 Å². The summed E-state index contributed by atoms with van der Waals surface area (Å²) in [5.74, 6) is 0.701. The van der Waals surface area contributed by atoms with Crippen LogP contribution >= 0.6 is 15.9 Å². The molecule has 0 amide bonds. The van der Waals surface area contributed by atoms with Gasteiger partial charge in [0.1, 0.15) is 0 Å². The SMILES string of the molecule is CC(=CCBr)C(C)C. The lowest BCUT2D eigenvalue weighted by atomic mass is 10.1. The first-order valence-corrected chi connectivity index (χ1v) is 4.03. The summed E-state index contributed by atoms with van der Waals surface area (Å²) in [4.78, 5) is 0. The Labute approximate surface area is 60.1 Å². The molecule has 0 bridgehead atoms. The lowest BCUT2D eigenvalue weighted by Gasteiger charge is -2.01. The van der Waals surface area contributed by atoms with Crippen LogP contribution in [-0.2, 0) is 0 Å². The van der Waals surface area contributed by atoms with E-state index in [9.17, 15) is 0 Å². The van der Waals surface area contributed by atoms with Crippen LogP contribution in [0.15, 0.2) is 11.6 Å². The molecule has 1 heteroatoms. The molecule has 0 unspecified atom stereocenters. The first-order chi connectivity index (χ1) is 3.68. The highest BCUT2D eigenvalue weighted by Gasteiger charge is 1.92. The molecule has 0 spiro atoms. The molecule has 0 saturated heterocycles. The number of halogens is 1. The summed E-state index contributed by atoms with van der Waals surface area (Å²) in [6.45, 7) is 6.56. The fraction of sp³-hybridized carbons (Fsp3) is 0.714. The summed E-state index contributed by atoms with van der Waals surface area (Å²) in [7, 11) is 0. The Bertz CT molecular complexity index is 82.4. The second kappa shape index (κ2) is 4.13. The standard InChI is InChI=1S/C7H13Br/c1-6(2)7(3)4-5-8/h4,6H,5H2,1-3H3. The Hall–Kier alpha value is 0.220. The smallest absolute Gasteiger partial charge is 0.0214 e. The summed E-state index contributed by atoms with van der Waals surface area (Å²) < 4.78 is 0. The van der Waals surface area contributed by atoms with E-state index in [0.29, 0.717) is 5.92 Å². The van der Waals surface area contributed by atoms with Gasteiger partial charge in [0.15, 0.2) is 0 Å². The van der Waals surface area contributed by atoms with Crippen molar-refractivity contribution in [3.63, 3.8) is 0 Å². The van der Waals surface area contributed by atoms with Crippen molar-refractivity contribution in [3.05, 3.63) is 11.6 Å². The largest absolute Gasteiger partial charge is 0.0883 e. The average Bonchev–Trinajstić information content (AvgIpc) is 1.67. The molecule has 0 N–H and O–H groups in total. The summed E-state index contributed by atoms with van der Waals surface area (Å²) in [6.07, 6.45) is 2.20. The molecule has 8 heavy (non-hydrogen) atoms. The second-order valence-electron chi connectivity index (χ2n) is 2.26. The predicted molar refractivity (Wildman–Crippen MR) is 42.4 cm³/mol. The molecule has 0 saturated carbocycles. The Morgan fingerprint density at radius 1 is 1.62 bits per heavy atom. The fourth-order valence-corrected chi connectivity index (χ4v) is 0.868. The minimum atomic E-state index is 0.701. The summed E-state index contributed by atoms with van der Waals surface area (Å²) >= 11 is 3.34. The Balaban J connectivity index is 3.61. The highest BCUT2D eigenvalue weighted by atomic mass is 79.9. The zero-order valence-electron chi connectivity index (χ0n) is 5.74. The third-order valence-corrected chi connectivity index (χ3v) is 1.63. The van der Waals surface area contributed by atoms with Gasteiger partial charge in [-0.25, -0.2) is 0 Å². The van der Waals surface area contributed by atoms with Gasteiger partial charge in [0, 0.05) is 5.33 Å². The first-order valence-electron chi connectivity index (χ1n) is 2.91. The quantitative estimate of drug-likeness (QED) is 0.449. The average molecular weight is 177 g/mol. The van der Waals surface area contributed by atoms with Crippen molar-refractivity contribution in [1.82, 2.24) is 0 Å². The summed E-state index contributed by atoms with van der Waals surface area (Å²) in [5.41, 5.74) is 1.46. The van der Waals surface area contributed by atoms with Gasteiger partial charge < -0.3 is 0 Å². The third-order valence-electron chi connectivity index (χ3n) is 1.31. The zero-order chi connectivity index (χ0) is 6.57. The molecule has 0 aromatic rings. The van der Waals surface area contributed by atoms with E-state index in [0.717, 1.165) is 5.33 Å². The van der Waals surface area contributed by atoms with Crippen molar-refractivity contribution in [2.45, 2.75) is 20.8 Å². The highest BCUT2D eigenvalue weighted by molar-refractivity contribution is 9.09. The normalized spacial score (nSPS) is 12.9. The summed E-state index contributed by atoms with van der Waals surface area (Å²) in [6, 6.07) is 0. The van der Waals surface area contributed by atoms with Crippen LogP contribution in [0.2, 0.25) is 0 Å². The number of rotatable bonds is 2. The number of alkyl halides is 1. The minimum Gasteiger partial charge on any atom is -0.0883 e. The van der Waals surface area contributed by atoms with Crippen LogP contribution in [0.25, 0.3) is 0 Å². The maximum absolute atomic E-state index is 3.34. The van der Waals surface area contributed by atoms with Gasteiger partial charge in [-0.05, 0) is 12.8 Å². The van der Waals surface area contributed by atoms with Gasteiger partial charge >= 0.3 is 0 Å². The van der Waals surface area contributed by atoms with E-state index in [1.54, 1.807) is 0 Å². The topological polar surface area (TPSA) is 0 Å². The molecular formula is C7H13Br. The van der Waals surface area contributed by atoms with Gasteiger partial charge in [-0.2, -0.15) is 0 Å². The van der Waals surface area contributed by atoms with E-state index < -0.39 is 0 Å². The Morgan fingerprint density at radius 2 is 2.12 bits per heavy atom. The highest BCUT2D eigenvalue weighted by Crippen LogP contribution is 2.07. The lowest BCUT2D eigenvalue weighted by molar-refractivity contribution is 0.768. The van der Waals surface area contributed by atoms with Crippen molar-refractivity contribution >= 4 is 15.9 Å². The zero-order valence-corrected chi connectivity index (χ0v) is 7.33. The molecule has 0 radical (unpaired) electrons. The van der Waals surface area contributed by atoms with Crippen molar-refractivity contribution < 1.29 is 0 Å². The molecule has 0 fully saturated rings. The van der Waals surface area contributed by atoms with E-state index in [1.807, 2.05) is 0 Å². The van der Waals surface area contributed by atoms with Gasteiger partial charge in [0.25, 0.3) is 0 Å². The number of hydrogen-bond acceptors (Lipinski definition) is 0. The van der Waals surface area contributed by atoms with E-state index in [1.165, 1.54) is 5.57 Å². The molecule has 0 aliphatic rings. The summed E-state index contributed by atoms with van der Waals surface area (Å²) in [5, 5.41) is 0.983. The second-order valence-corrected chi connectivity index (χ2v) is 2.90. The van der Waals surface area contributed by atoms with E-state index in [4.69, 9.17) is 0 Å². The molecule has 0 nitrogen and oxygen atoms in total. The van der Waals surface area contributed by atoms with Crippen LogP contribution in [0.4, 0.5) is 0 Å². The van der Waals surface area contributed by atoms with Gasteiger partial charge in [-0.3, -0.25) is 0 Å². The molecule has 0 aliphatic carbocycles. The molecular weight excluding hydrogens is 164 g/mol. The van der Waals surface area contributed by atoms with Crippen LogP contribution in [0.1, 0.15) is 20.8 Å². The third kappa shape index (κ3) is 3.25. The minimum absolute atomic E-state index is 0.701. The molecule has 0 aromatic carbocycles. The van der Waals surface area contributed by atoms with Gasteiger partial charge in [0.2, 0.25) is 0 Å². The first kappa shape index (κ1) is 8.22. The van der Waals surface area contributed by atoms with Crippen LogP contribution < -0.4 is 0 Å². The predicted octanol–water partition coefficient (Wildman–Crippen LogP) is 2.98. The van der Waals surface area contributed by atoms with Crippen molar-refractivity contribution in [2.75, 3.05) is 5.33 Å². The maximum atomic E-state index is 3.34. The lowest BCUT2D eigenvalue weighted by Crippen LogP contribution is -1.87. The molecule has 48 valence electrons. The molecule has 0 aromatic heterocycles. The molecule has 0 aliphatic heterocycles. The van der Waals surface area contributed by atoms with Crippen molar-refractivity contribution in [1.29, 1.82) is 0 Å². The fourth-order valence-electron chi connectivity index (χ4n) is 0.357. The van der Waals surface area contributed by atoms with Crippen molar-refractivity contribution in [3.8, 4) is 0 Å². The van der Waals surface area contributed by atoms with E-state index >= 15 is 0 Å². The Kier molecular flexibility index (Phi) is 4.25. The van der Waals surface area contributed by atoms with Crippen LogP contribution in [0, 0.1) is 5.92 Å². The van der Waals surface area contributed by atoms with Gasteiger partial charge in [-0.15, -0.1) is 0 Å². The number of allylic oxidation sites excluding steroid dienone is 2. The van der Waals surface area contributed by atoms with Crippen molar-refractivity contribution in [2.24, 2.45) is 5.92 Å².